The predicted octanol–water partition coefficient (Wildman–Crippen LogP) is 3.72. The standard InChI is InChI=1S/C21H21N3O5S/c1-3-27-20(26)18-13(2)23-21-24(19(18)16-7-5-9-29-16)14(12-30-21)10-17(25)22-11-15-6-4-8-28-15/h4-9,12,19H,3,10-11H2,1-2H3,(H,22,25)/t19-/m0/s1. The van der Waals surface area contributed by atoms with Gasteiger partial charge in [-0.25, -0.2) is 9.79 Å². The Hall–Kier alpha value is -3.20. The molecule has 30 heavy (non-hydrogen) atoms. The molecule has 2 aliphatic rings. The number of ether oxygens (including phenoxy) is 1. The first-order valence-corrected chi connectivity index (χ1v) is 10.4. The minimum absolute atomic E-state index is 0.124. The maximum atomic E-state index is 12.7. The van der Waals surface area contributed by atoms with E-state index in [1.807, 2.05) is 10.3 Å². The molecule has 0 fully saturated rings. The molecule has 2 aromatic heterocycles. The number of allylic oxidation sites excluding steroid dienone is 1. The number of esters is 1. The number of carbonyl (C=O) groups is 2. The summed E-state index contributed by atoms with van der Waals surface area (Å²) in [7, 11) is 0. The SMILES string of the molecule is CCOC(=O)C1=C(C)N=C2SC=C(CC(=O)NCc3ccco3)N2[C@H]1c1ccco1. The second-order valence-electron chi connectivity index (χ2n) is 6.66. The van der Waals surface area contributed by atoms with Gasteiger partial charge in [-0.15, -0.1) is 0 Å². The van der Waals surface area contributed by atoms with Crippen LogP contribution in [0.15, 0.2) is 73.0 Å². The summed E-state index contributed by atoms with van der Waals surface area (Å²) in [6, 6.07) is 6.59. The van der Waals surface area contributed by atoms with Gasteiger partial charge in [-0.05, 0) is 43.5 Å². The highest BCUT2D eigenvalue weighted by Crippen LogP contribution is 2.44. The van der Waals surface area contributed by atoms with E-state index in [9.17, 15) is 9.59 Å². The van der Waals surface area contributed by atoms with Crippen molar-refractivity contribution in [3.8, 4) is 0 Å². The zero-order chi connectivity index (χ0) is 21.1. The molecule has 0 aliphatic carbocycles. The van der Waals surface area contributed by atoms with Gasteiger partial charge in [0.05, 0.1) is 43.4 Å². The molecule has 9 heteroatoms. The van der Waals surface area contributed by atoms with Crippen molar-refractivity contribution in [2.45, 2.75) is 32.9 Å². The maximum Gasteiger partial charge on any atom is 0.338 e. The Morgan fingerprint density at radius 1 is 1.27 bits per heavy atom. The van der Waals surface area contributed by atoms with Crippen molar-refractivity contribution in [3.63, 3.8) is 0 Å². The lowest BCUT2D eigenvalue weighted by Crippen LogP contribution is -2.37. The van der Waals surface area contributed by atoms with E-state index in [4.69, 9.17) is 13.6 Å². The number of nitrogens with zero attached hydrogens (tertiary/aromatic N) is 2. The summed E-state index contributed by atoms with van der Waals surface area (Å²) in [6.07, 6.45) is 3.24. The van der Waals surface area contributed by atoms with Crippen LogP contribution in [0.5, 0.6) is 0 Å². The Morgan fingerprint density at radius 3 is 2.77 bits per heavy atom. The van der Waals surface area contributed by atoms with Gasteiger partial charge in [0, 0.05) is 5.70 Å². The normalized spacial score (nSPS) is 18.1. The minimum atomic E-state index is -0.550. The van der Waals surface area contributed by atoms with Crippen LogP contribution in [0.4, 0.5) is 0 Å². The smallest absolute Gasteiger partial charge is 0.338 e. The van der Waals surface area contributed by atoms with Crippen LogP contribution in [0.1, 0.15) is 37.8 Å². The summed E-state index contributed by atoms with van der Waals surface area (Å²) >= 11 is 1.41. The van der Waals surface area contributed by atoms with Crippen molar-refractivity contribution < 1.29 is 23.2 Å². The molecule has 2 aliphatic heterocycles. The molecule has 8 nitrogen and oxygen atoms in total. The molecule has 0 bridgehead atoms. The summed E-state index contributed by atoms with van der Waals surface area (Å²) < 4.78 is 16.2. The van der Waals surface area contributed by atoms with Gasteiger partial charge in [0.2, 0.25) is 5.91 Å². The third-order valence-electron chi connectivity index (χ3n) is 4.69. The highest BCUT2D eigenvalue weighted by atomic mass is 32.2. The molecule has 1 atom stereocenters. The zero-order valence-electron chi connectivity index (χ0n) is 16.6. The zero-order valence-corrected chi connectivity index (χ0v) is 17.4. The van der Waals surface area contributed by atoms with Crippen molar-refractivity contribution in [2.75, 3.05) is 6.61 Å². The minimum Gasteiger partial charge on any atom is -0.467 e. The summed E-state index contributed by atoms with van der Waals surface area (Å²) in [5.74, 6) is 0.642. The molecule has 1 amide bonds. The van der Waals surface area contributed by atoms with Gasteiger partial charge in [0.25, 0.3) is 0 Å². The number of fused-ring (bicyclic) bond motifs is 1. The van der Waals surface area contributed by atoms with Crippen LogP contribution in [0, 0.1) is 0 Å². The number of amides is 1. The Balaban J connectivity index is 1.58. The van der Waals surface area contributed by atoms with Gasteiger partial charge in [0.1, 0.15) is 17.6 Å². The Kier molecular flexibility index (Phi) is 5.80. The number of furan rings is 2. The molecule has 4 heterocycles. The van der Waals surface area contributed by atoms with Crippen LogP contribution < -0.4 is 5.32 Å². The lowest BCUT2D eigenvalue weighted by atomic mass is 9.99. The predicted molar refractivity (Wildman–Crippen MR) is 111 cm³/mol. The van der Waals surface area contributed by atoms with Crippen molar-refractivity contribution in [2.24, 2.45) is 4.99 Å². The van der Waals surface area contributed by atoms with Crippen LogP contribution >= 0.6 is 11.8 Å². The van der Waals surface area contributed by atoms with E-state index in [0.717, 1.165) is 5.70 Å². The molecule has 156 valence electrons. The molecular weight excluding hydrogens is 406 g/mol. The van der Waals surface area contributed by atoms with E-state index >= 15 is 0 Å². The molecule has 0 aromatic carbocycles. The molecule has 0 saturated heterocycles. The van der Waals surface area contributed by atoms with Gasteiger partial charge < -0.3 is 23.8 Å². The van der Waals surface area contributed by atoms with Crippen LogP contribution in [0.3, 0.4) is 0 Å². The second-order valence-corrected chi connectivity index (χ2v) is 7.50. The number of aliphatic imine (C=N–C) groups is 1. The van der Waals surface area contributed by atoms with Gasteiger partial charge in [-0.3, -0.25) is 4.79 Å². The van der Waals surface area contributed by atoms with Crippen LogP contribution in [-0.2, 0) is 20.9 Å². The van der Waals surface area contributed by atoms with Crippen molar-refractivity contribution in [3.05, 3.63) is 70.7 Å². The average molecular weight is 427 g/mol. The van der Waals surface area contributed by atoms with Crippen molar-refractivity contribution in [1.82, 2.24) is 10.2 Å². The Morgan fingerprint density at radius 2 is 2.07 bits per heavy atom. The number of thioether (sulfide) groups is 1. The molecule has 0 unspecified atom stereocenters. The monoisotopic (exact) mass is 427 g/mol. The second kappa shape index (κ2) is 8.66. The molecule has 0 radical (unpaired) electrons. The number of rotatable bonds is 7. The van der Waals surface area contributed by atoms with E-state index < -0.39 is 12.0 Å². The summed E-state index contributed by atoms with van der Waals surface area (Å²) in [5, 5.41) is 5.41. The van der Waals surface area contributed by atoms with E-state index in [2.05, 4.69) is 10.3 Å². The highest BCUT2D eigenvalue weighted by Gasteiger charge is 2.42. The number of hydrogen-bond donors (Lipinski definition) is 1. The van der Waals surface area contributed by atoms with Crippen molar-refractivity contribution in [1.29, 1.82) is 0 Å². The summed E-state index contributed by atoms with van der Waals surface area (Å²) in [4.78, 5) is 31.7. The first kappa shape index (κ1) is 20.1. The van der Waals surface area contributed by atoms with Crippen LogP contribution in [-0.4, -0.2) is 28.6 Å². The molecule has 4 rings (SSSR count). The van der Waals surface area contributed by atoms with Crippen molar-refractivity contribution >= 4 is 28.8 Å². The molecular formula is C21H21N3O5S. The highest BCUT2D eigenvalue weighted by molar-refractivity contribution is 8.16. The quantitative estimate of drug-likeness (QED) is 0.673. The number of hydrogen-bond acceptors (Lipinski definition) is 8. The molecule has 1 N–H and O–H groups in total. The lowest BCUT2D eigenvalue weighted by molar-refractivity contribution is -0.139. The van der Waals surface area contributed by atoms with Crippen LogP contribution in [0.2, 0.25) is 0 Å². The largest absolute Gasteiger partial charge is 0.467 e. The number of nitrogens with one attached hydrogen (secondary N) is 1. The fraction of sp³-hybridized carbons (Fsp3) is 0.286. The third kappa shape index (κ3) is 3.93. The van der Waals surface area contributed by atoms with Gasteiger partial charge in [-0.1, -0.05) is 11.8 Å². The van der Waals surface area contributed by atoms with Crippen LogP contribution in [0.25, 0.3) is 0 Å². The maximum absolute atomic E-state index is 12.7. The summed E-state index contributed by atoms with van der Waals surface area (Å²) in [5.41, 5.74) is 1.71. The fourth-order valence-corrected chi connectivity index (χ4v) is 4.35. The average Bonchev–Trinajstić information content (AvgIpc) is 3.48. The number of carbonyl (C=O) groups excluding carboxylic acids is 2. The first-order valence-electron chi connectivity index (χ1n) is 9.52. The van der Waals surface area contributed by atoms with E-state index in [1.54, 1.807) is 50.6 Å². The Bertz CT molecular complexity index is 1020. The lowest BCUT2D eigenvalue weighted by Gasteiger charge is -2.34. The van der Waals surface area contributed by atoms with E-state index in [1.165, 1.54) is 11.8 Å². The molecule has 0 saturated carbocycles. The summed E-state index contributed by atoms with van der Waals surface area (Å²) in [6.45, 7) is 4.10. The van der Waals surface area contributed by atoms with Gasteiger partial charge in [0.15, 0.2) is 5.17 Å². The fourth-order valence-electron chi connectivity index (χ4n) is 3.38. The Labute approximate surface area is 177 Å². The molecule has 2 aromatic rings. The topological polar surface area (TPSA) is 97.3 Å². The first-order chi connectivity index (χ1) is 14.6. The third-order valence-corrected chi connectivity index (χ3v) is 5.58. The van der Waals surface area contributed by atoms with E-state index in [-0.39, 0.29) is 18.9 Å². The van der Waals surface area contributed by atoms with E-state index in [0.29, 0.717) is 34.5 Å². The van der Waals surface area contributed by atoms with Gasteiger partial charge >= 0.3 is 5.97 Å². The molecule has 0 spiro atoms. The van der Waals surface area contributed by atoms with Gasteiger partial charge in [-0.2, -0.15) is 0 Å². The number of amidine groups is 1.